The standard InChI is InChI=1S/C25H31N5O5S/c1-7-15(2)35-18-10-23(30-24(11-18)36(6,33)34)29-21-12-22(28-16(3)31)27-14-19(21)20-9-8-17(13-26-20)25(4,5)32/h8-15,32H,7H2,1-6H3,(H2,27,28,29,30,31)/t15-/m1/s1. The van der Waals surface area contributed by atoms with Gasteiger partial charge in [0.15, 0.2) is 14.9 Å². The van der Waals surface area contributed by atoms with Crippen LogP contribution in [0.15, 0.2) is 47.8 Å². The fourth-order valence-electron chi connectivity index (χ4n) is 3.18. The number of hydrogen-bond acceptors (Lipinski definition) is 9. The van der Waals surface area contributed by atoms with Crippen LogP contribution in [-0.2, 0) is 20.2 Å². The third-order valence-corrected chi connectivity index (χ3v) is 6.25. The van der Waals surface area contributed by atoms with Crippen LogP contribution in [-0.4, -0.2) is 46.7 Å². The SMILES string of the molecule is CC[C@@H](C)Oc1cc(Nc2cc(NC(C)=O)ncc2-c2ccc(C(C)(C)O)cn2)nc(S(C)(=O)=O)c1. The first-order valence-corrected chi connectivity index (χ1v) is 13.3. The molecule has 11 heteroatoms. The van der Waals surface area contributed by atoms with E-state index in [1.165, 1.54) is 19.2 Å². The fraction of sp³-hybridized carbons (Fsp3) is 0.360. The molecule has 0 fully saturated rings. The monoisotopic (exact) mass is 513 g/mol. The summed E-state index contributed by atoms with van der Waals surface area (Å²) in [6.07, 6.45) is 4.79. The summed E-state index contributed by atoms with van der Waals surface area (Å²) < 4.78 is 30.4. The molecule has 0 unspecified atom stereocenters. The van der Waals surface area contributed by atoms with Crippen LogP contribution in [0.5, 0.6) is 5.75 Å². The minimum absolute atomic E-state index is 0.131. The van der Waals surface area contributed by atoms with Crippen molar-refractivity contribution in [1.82, 2.24) is 15.0 Å². The van der Waals surface area contributed by atoms with Crippen LogP contribution >= 0.6 is 0 Å². The van der Waals surface area contributed by atoms with Gasteiger partial charge in [-0.3, -0.25) is 9.78 Å². The highest BCUT2D eigenvalue weighted by Crippen LogP contribution is 2.33. The first kappa shape index (κ1) is 27.0. The van der Waals surface area contributed by atoms with Crippen molar-refractivity contribution in [1.29, 1.82) is 0 Å². The molecule has 0 saturated carbocycles. The molecular weight excluding hydrogens is 482 g/mol. The van der Waals surface area contributed by atoms with Crippen molar-refractivity contribution in [2.45, 2.75) is 57.8 Å². The summed E-state index contributed by atoms with van der Waals surface area (Å²) in [5.41, 5.74) is 1.18. The van der Waals surface area contributed by atoms with E-state index in [0.29, 0.717) is 28.3 Å². The van der Waals surface area contributed by atoms with E-state index < -0.39 is 15.4 Å². The normalized spacial score (nSPS) is 12.6. The molecule has 0 spiro atoms. The van der Waals surface area contributed by atoms with Gasteiger partial charge in [0.2, 0.25) is 5.91 Å². The summed E-state index contributed by atoms with van der Waals surface area (Å²) in [6.45, 7) is 8.55. The number of anilines is 3. The first-order valence-electron chi connectivity index (χ1n) is 11.4. The molecule has 10 nitrogen and oxygen atoms in total. The molecule has 36 heavy (non-hydrogen) atoms. The highest BCUT2D eigenvalue weighted by atomic mass is 32.2. The minimum atomic E-state index is -3.62. The molecule has 3 rings (SSSR count). The van der Waals surface area contributed by atoms with E-state index in [1.54, 1.807) is 44.3 Å². The van der Waals surface area contributed by atoms with Gasteiger partial charge in [-0.2, -0.15) is 0 Å². The third kappa shape index (κ3) is 6.98. The number of nitrogens with one attached hydrogen (secondary N) is 2. The number of hydrogen-bond donors (Lipinski definition) is 3. The first-order chi connectivity index (χ1) is 16.8. The van der Waals surface area contributed by atoms with Gasteiger partial charge in [0.05, 0.1) is 23.1 Å². The van der Waals surface area contributed by atoms with E-state index in [-0.39, 0.29) is 28.7 Å². The molecular formula is C25H31N5O5S. The van der Waals surface area contributed by atoms with Crippen LogP contribution in [0.25, 0.3) is 11.3 Å². The van der Waals surface area contributed by atoms with Crippen molar-refractivity contribution in [2.24, 2.45) is 0 Å². The molecule has 1 atom stereocenters. The number of carbonyl (C=O) groups is 1. The maximum atomic E-state index is 12.3. The van der Waals surface area contributed by atoms with Gasteiger partial charge in [-0.15, -0.1) is 0 Å². The summed E-state index contributed by atoms with van der Waals surface area (Å²) in [4.78, 5) is 24.6. The number of pyridine rings is 3. The lowest BCUT2D eigenvalue weighted by atomic mass is 9.99. The third-order valence-electron chi connectivity index (χ3n) is 5.28. The van der Waals surface area contributed by atoms with Crippen LogP contribution in [0.2, 0.25) is 0 Å². The minimum Gasteiger partial charge on any atom is -0.490 e. The predicted molar refractivity (Wildman–Crippen MR) is 138 cm³/mol. The molecule has 0 saturated heterocycles. The van der Waals surface area contributed by atoms with Gasteiger partial charge in [0, 0.05) is 54.9 Å². The zero-order chi connectivity index (χ0) is 26.7. The number of carbonyl (C=O) groups excluding carboxylic acids is 1. The van der Waals surface area contributed by atoms with Crippen LogP contribution in [0.4, 0.5) is 17.3 Å². The van der Waals surface area contributed by atoms with E-state index in [1.807, 2.05) is 13.8 Å². The fourth-order valence-corrected chi connectivity index (χ4v) is 3.78. The zero-order valence-corrected chi connectivity index (χ0v) is 22.0. The quantitative estimate of drug-likeness (QED) is 0.386. The molecule has 3 aromatic rings. The smallest absolute Gasteiger partial charge is 0.222 e. The van der Waals surface area contributed by atoms with Gasteiger partial charge >= 0.3 is 0 Å². The molecule has 0 bridgehead atoms. The molecule has 192 valence electrons. The molecule has 1 amide bonds. The van der Waals surface area contributed by atoms with Gasteiger partial charge in [-0.1, -0.05) is 13.0 Å². The second-order valence-electron chi connectivity index (χ2n) is 9.05. The van der Waals surface area contributed by atoms with Crippen molar-refractivity contribution in [3.63, 3.8) is 0 Å². The molecule has 3 aromatic heterocycles. The predicted octanol–water partition coefficient (Wildman–Crippen LogP) is 4.05. The van der Waals surface area contributed by atoms with Crippen molar-refractivity contribution in [2.75, 3.05) is 16.9 Å². The van der Waals surface area contributed by atoms with E-state index in [4.69, 9.17) is 4.74 Å². The Morgan fingerprint density at radius 3 is 2.42 bits per heavy atom. The second-order valence-corrected chi connectivity index (χ2v) is 11.0. The maximum Gasteiger partial charge on any atom is 0.222 e. The van der Waals surface area contributed by atoms with Crippen LogP contribution in [0.1, 0.15) is 46.6 Å². The number of aliphatic hydroxyl groups is 1. The summed E-state index contributed by atoms with van der Waals surface area (Å²) in [7, 11) is -3.62. The molecule has 0 aliphatic rings. The summed E-state index contributed by atoms with van der Waals surface area (Å²) in [5.74, 6) is 0.575. The van der Waals surface area contributed by atoms with Gasteiger partial charge in [0.1, 0.15) is 17.4 Å². The highest BCUT2D eigenvalue weighted by molar-refractivity contribution is 7.90. The van der Waals surface area contributed by atoms with Gasteiger partial charge < -0.3 is 20.5 Å². The molecule has 0 aliphatic heterocycles. The van der Waals surface area contributed by atoms with Crippen LogP contribution in [0.3, 0.4) is 0 Å². The number of amides is 1. The molecule has 3 N–H and O–H groups in total. The Bertz CT molecular complexity index is 1350. The van der Waals surface area contributed by atoms with E-state index >= 15 is 0 Å². The molecule has 0 aliphatic carbocycles. The average molecular weight is 514 g/mol. The van der Waals surface area contributed by atoms with Crippen molar-refractivity contribution in [3.05, 3.63) is 48.3 Å². The summed E-state index contributed by atoms with van der Waals surface area (Å²) in [5, 5.41) is 15.9. The maximum absolute atomic E-state index is 12.3. The van der Waals surface area contributed by atoms with E-state index in [2.05, 4.69) is 25.6 Å². The second kappa shape index (κ2) is 10.6. The largest absolute Gasteiger partial charge is 0.490 e. The number of aromatic nitrogens is 3. The number of nitrogens with zero attached hydrogens (tertiary/aromatic N) is 3. The van der Waals surface area contributed by atoms with Crippen LogP contribution in [0, 0.1) is 0 Å². The number of rotatable bonds is 9. The Labute approximate surface area is 211 Å². The van der Waals surface area contributed by atoms with Gasteiger partial charge in [0.25, 0.3) is 0 Å². The van der Waals surface area contributed by atoms with Crippen molar-refractivity contribution >= 4 is 33.1 Å². The number of sulfone groups is 1. The lowest BCUT2D eigenvalue weighted by molar-refractivity contribution is -0.114. The molecule has 0 radical (unpaired) electrons. The van der Waals surface area contributed by atoms with E-state index in [9.17, 15) is 18.3 Å². The summed E-state index contributed by atoms with van der Waals surface area (Å²) in [6, 6.07) is 8.10. The summed E-state index contributed by atoms with van der Waals surface area (Å²) >= 11 is 0. The zero-order valence-electron chi connectivity index (χ0n) is 21.2. The average Bonchev–Trinajstić information content (AvgIpc) is 2.77. The Morgan fingerprint density at radius 2 is 1.86 bits per heavy atom. The van der Waals surface area contributed by atoms with Crippen molar-refractivity contribution < 1.29 is 23.1 Å². The topological polar surface area (TPSA) is 143 Å². The Hall–Kier alpha value is -3.57. The van der Waals surface area contributed by atoms with E-state index in [0.717, 1.165) is 12.7 Å². The number of ether oxygens (including phenoxy) is 1. The van der Waals surface area contributed by atoms with Gasteiger partial charge in [-0.05, 0) is 33.3 Å². The van der Waals surface area contributed by atoms with Crippen LogP contribution < -0.4 is 15.4 Å². The lowest BCUT2D eigenvalue weighted by Crippen LogP contribution is -2.15. The Kier molecular flexibility index (Phi) is 7.95. The molecule has 3 heterocycles. The Balaban J connectivity index is 2.10. The van der Waals surface area contributed by atoms with Gasteiger partial charge in [-0.25, -0.2) is 18.4 Å². The lowest BCUT2D eigenvalue weighted by Gasteiger charge is -2.18. The highest BCUT2D eigenvalue weighted by Gasteiger charge is 2.19. The Morgan fingerprint density at radius 1 is 1.14 bits per heavy atom. The molecule has 0 aromatic carbocycles. The van der Waals surface area contributed by atoms with Crippen molar-refractivity contribution in [3.8, 4) is 17.0 Å².